The van der Waals surface area contributed by atoms with Gasteiger partial charge in [0, 0.05) is 4.88 Å². The summed E-state index contributed by atoms with van der Waals surface area (Å²) in [4.78, 5) is 12.6. The van der Waals surface area contributed by atoms with Crippen LogP contribution in [0.3, 0.4) is 0 Å². The molecule has 0 aliphatic rings. The highest BCUT2D eigenvalue weighted by Crippen LogP contribution is 2.19. The lowest BCUT2D eigenvalue weighted by atomic mass is 10.1. The molecule has 1 aromatic carbocycles. The number of nitrogens with zero attached hydrogens (tertiary/aromatic N) is 1. The van der Waals surface area contributed by atoms with Crippen LogP contribution < -0.4 is 10.2 Å². The largest absolute Gasteiger partial charge is 0.484 e. The van der Waals surface area contributed by atoms with E-state index in [1.54, 1.807) is 12.3 Å². The van der Waals surface area contributed by atoms with Crippen molar-refractivity contribution in [1.29, 1.82) is 0 Å². The van der Waals surface area contributed by atoms with E-state index in [1.165, 1.54) is 16.9 Å². The van der Waals surface area contributed by atoms with Crippen LogP contribution in [-0.4, -0.2) is 18.7 Å². The van der Waals surface area contributed by atoms with Crippen molar-refractivity contribution in [2.24, 2.45) is 5.10 Å². The number of hydrazone groups is 1. The van der Waals surface area contributed by atoms with Crippen LogP contribution in [0, 0.1) is 6.92 Å². The Morgan fingerprint density at radius 2 is 2.23 bits per heavy atom. The lowest BCUT2D eigenvalue weighted by molar-refractivity contribution is -0.123. The first kappa shape index (κ1) is 16.5. The molecule has 0 bridgehead atoms. The monoisotopic (exact) mass is 336 g/mol. The molecule has 2 aromatic rings. The van der Waals surface area contributed by atoms with Gasteiger partial charge in [-0.05, 0) is 48.7 Å². The van der Waals surface area contributed by atoms with Crippen LogP contribution in [0.5, 0.6) is 5.75 Å². The maximum absolute atomic E-state index is 11.7. The normalized spacial score (nSPS) is 10.9. The summed E-state index contributed by atoms with van der Waals surface area (Å²) in [6.45, 7) is 4.01. The van der Waals surface area contributed by atoms with Crippen molar-refractivity contribution >= 4 is 35.1 Å². The Morgan fingerprint density at radius 1 is 1.41 bits per heavy atom. The number of amides is 1. The van der Waals surface area contributed by atoms with Gasteiger partial charge in [0.2, 0.25) is 0 Å². The predicted octanol–water partition coefficient (Wildman–Crippen LogP) is 3.80. The summed E-state index contributed by atoms with van der Waals surface area (Å²) in [6, 6.07) is 9.56. The van der Waals surface area contributed by atoms with Gasteiger partial charge in [0.05, 0.1) is 10.6 Å². The Morgan fingerprint density at radius 3 is 2.91 bits per heavy atom. The Labute approximate surface area is 138 Å². The first-order valence-electron chi connectivity index (χ1n) is 6.87. The second-order valence-corrected chi connectivity index (χ2v) is 6.48. The fraction of sp³-hybridized carbons (Fsp3) is 0.250. The van der Waals surface area contributed by atoms with E-state index in [0.29, 0.717) is 10.1 Å². The molecular weight excluding hydrogens is 320 g/mol. The fourth-order valence-electron chi connectivity index (χ4n) is 1.86. The zero-order valence-corrected chi connectivity index (χ0v) is 14.0. The Kier molecular flexibility index (Phi) is 5.98. The van der Waals surface area contributed by atoms with Crippen LogP contribution >= 0.6 is 22.9 Å². The Balaban J connectivity index is 1.82. The second-order valence-electron chi connectivity index (χ2n) is 4.73. The molecule has 0 aliphatic carbocycles. The van der Waals surface area contributed by atoms with Gasteiger partial charge in [0.1, 0.15) is 5.75 Å². The summed E-state index contributed by atoms with van der Waals surface area (Å²) in [5, 5.41) is 3.87. The van der Waals surface area contributed by atoms with Crippen molar-refractivity contribution in [3.8, 4) is 5.75 Å². The number of rotatable bonds is 6. The van der Waals surface area contributed by atoms with Gasteiger partial charge in [-0.1, -0.05) is 24.6 Å². The van der Waals surface area contributed by atoms with Crippen LogP contribution in [0.15, 0.2) is 35.4 Å². The Bertz CT molecular complexity index is 683. The molecule has 0 saturated carbocycles. The molecule has 1 heterocycles. The quantitative estimate of drug-likeness (QED) is 0.644. The van der Waals surface area contributed by atoms with Crippen molar-refractivity contribution in [2.45, 2.75) is 20.3 Å². The van der Waals surface area contributed by atoms with E-state index in [1.807, 2.05) is 25.1 Å². The minimum absolute atomic E-state index is 0.0743. The van der Waals surface area contributed by atoms with Crippen molar-refractivity contribution in [1.82, 2.24) is 5.43 Å². The molecule has 6 heteroatoms. The average molecular weight is 337 g/mol. The number of hydrogen-bond donors (Lipinski definition) is 1. The van der Waals surface area contributed by atoms with Crippen LogP contribution in [0.1, 0.15) is 22.9 Å². The van der Waals surface area contributed by atoms with Gasteiger partial charge in [-0.15, -0.1) is 11.3 Å². The van der Waals surface area contributed by atoms with Gasteiger partial charge in [-0.2, -0.15) is 5.10 Å². The van der Waals surface area contributed by atoms with E-state index in [2.05, 4.69) is 23.5 Å². The van der Waals surface area contributed by atoms with Crippen molar-refractivity contribution < 1.29 is 9.53 Å². The number of carbonyl (C=O) groups is 1. The van der Waals surface area contributed by atoms with E-state index in [-0.39, 0.29) is 12.5 Å². The molecule has 1 amide bonds. The molecule has 116 valence electrons. The van der Waals surface area contributed by atoms with Gasteiger partial charge >= 0.3 is 0 Å². The number of thiophene rings is 1. The summed E-state index contributed by atoms with van der Waals surface area (Å²) in [7, 11) is 0. The van der Waals surface area contributed by atoms with Gasteiger partial charge in [-0.25, -0.2) is 5.43 Å². The van der Waals surface area contributed by atoms with E-state index in [4.69, 9.17) is 16.3 Å². The van der Waals surface area contributed by atoms with Crippen molar-refractivity contribution in [2.75, 3.05) is 6.61 Å². The molecule has 0 radical (unpaired) electrons. The molecule has 1 aromatic heterocycles. The summed E-state index contributed by atoms with van der Waals surface area (Å²) >= 11 is 7.20. The second kappa shape index (κ2) is 7.96. The lowest BCUT2D eigenvalue weighted by Gasteiger charge is -2.08. The van der Waals surface area contributed by atoms with Crippen LogP contribution in [-0.2, 0) is 11.2 Å². The molecule has 0 unspecified atom stereocenters. The molecule has 0 aliphatic heterocycles. The third kappa shape index (κ3) is 5.16. The summed E-state index contributed by atoms with van der Waals surface area (Å²) < 4.78 is 6.18. The third-order valence-corrected chi connectivity index (χ3v) is 4.03. The van der Waals surface area contributed by atoms with Gasteiger partial charge < -0.3 is 4.74 Å². The molecule has 4 nitrogen and oxygen atoms in total. The molecule has 0 fully saturated rings. The molecule has 22 heavy (non-hydrogen) atoms. The highest BCUT2D eigenvalue weighted by molar-refractivity contribution is 7.17. The minimum atomic E-state index is -0.307. The maximum Gasteiger partial charge on any atom is 0.277 e. The number of halogens is 1. The minimum Gasteiger partial charge on any atom is -0.484 e. The summed E-state index contributed by atoms with van der Waals surface area (Å²) in [5.74, 6) is 0.388. The number of benzene rings is 1. The van der Waals surface area contributed by atoms with Gasteiger partial charge in [-0.3, -0.25) is 4.79 Å². The number of aryl methyl sites for hydroxylation is 2. The lowest BCUT2D eigenvalue weighted by Crippen LogP contribution is -2.24. The van der Waals surface area contributed by atoms with E-state index < -0.39 is 0 Å². The highest BCUT2D eigenvalue weighted by Gasteiger charge is 2.03. The highest BCUT2D eigenvalue weighted by atomic mass is 35.5. The summed E-state index contributed by atoms with van der Waals surface area (Å²) in [6.07, 6.45) is 2.48. The molecule has 0 spiro atoms. The Hall–Kier alpha value is -1.85. The number of carbonyl (C=O) groups excluding carboxylic acids is 1. The fourth-order valence-corrected chi connectivity index (χ4v) is 2.79. The zero-order valence-electron chi connectivity index (χ0n) is 12.4. The maximum atomic E-state index is 11.7. The number of ether oxygens (including phenoxy) is 1. The van der Waals surface area contributed by atoms with Gasteiger partial charge in [0.25, 0.3) is 5.91 Å². The molecule has 0 atom stereocenters. The standard InChI is InChI=1S/C16H17ClN2O2S/c1-3-12-6-11(2)7-13(8-12)21-10-16(20)19-18-9-14-4-5-15(17)22-14/h4-9H,3,10H2,1-2H3,(H,19,20)/b18-9+. The van der Waals surface area contributed by atoms with Crippen LogP contribution in [0.2, 0.25) is 4.34 Å². The molecule has 1 N–H and O–H groups in total. The van der Waals surface area contributed by atoms with Gasteiger partial charge in [0.15, 0.2) is 6.61 Å². The topological polar surface area (TPSA) is 50.7 Å². The smallest absolute Gasteiger partial charge is 0.277 e. The van der Waals surface area contributed by atoms with Crippen LogP contribution in [0.25, 0.3) is 0 Å². The molecule has 2 rings (SSSR count). The van der Waals surface area contributed by atoms with Crippen LogP contribution in [0.4, 0.5) is 0 Å². The molecule has 0 saturated heterocycles. The number of hydrogen-bond acceptors (Lipinski definition) is 4. The molecular formula is C16H17ClN2O2S. The van der Waals surface area contributed by atoms with E-state index in [9.17, 15) is 4.79 Å². The summed E-state index contributed by atoms with van der Waals surface area (Å²) in [5.41, 5.74) is 4.72. The third-order valence-electron chi connectivity index (χ3n) is 2.86. The zero-order chi connectivity index (χ0) is 15.9. The number of nitrogens with one attached hydrogen (secondary N) is 1. The van der Waals surface area contributed by atoms with Crippen molar-refractivity contribution in [3.05, 3.63) is 50.7 Å². The first-order chi connectivity index (χ1) is 10.6. The SMILES string of the molecule is CCc1cc(C)cc(OCC(=O)N/N=C/c2ccc(Cl)s2)c1. The first-order valence-corrected chi connectivity index (χ1v) is 8.07. The van der Waals surface area contributed by atoms with E-state index >= 15 is 0 Å². The van der Waals surface area contributed by atoms with E-state index in [0.717, 1.165) is 16.9 Å². The predicted molar refractivity (Wildman–Crippen MR) is 91.1 cm³/mol. The van der Waals surface area contributed by atoms with Crippen molar-refractivity contribution in [3.63, 3.8) is 0 Å². The average Bonchev–Trinajstić information content (AvgIpc) is 2.90.